The summed E-state index contributed by atoms with van der Waals surface area (Å²) in [5.41, 5.74) is 2.61. The summed E-state index contributed by atoms with van der Waals surface area (Å²) in [7, 11) is 0. The van der Waals surface area contributed by atoms with Crippen LogP contribution in [-0.2, 0) is 11.2 Å². The lowest BCUT2D eigenvalue weighted by molar-refractivity contribution is -0.145. The highest BCUT2D eigenvalue weighted by atomic mass is 35.5. The van der Waals surface area contributed by atoms with E-state index < -0.39 is 5.97 Å². The second-order valence-electron chi connectivity index (χ2n) is 12.4. The highest BCUT2D eigenvalue weighted by molar-refractivity contribution is 7.11. The normalized spacial score (nSPS) is 24.0. The molecule has 2 aliphatic heterocycles. The van der Waals surface area contributed by atoms with E-state index in [2.05, 4.69) is 58.5 Å². The summed E-state index contributed by atoms with van der Waals surface area (Å²) in [5, 5.41) is 12.3. The number of carboxylic acids is 1. The number of halogens is 1. The Labute approximate surface area is 253 Å². The quantitative estimate of drug-likeness (QED) is 0.283. The molecule has 2 aromatic carbocycles. The molecule has 1 aliphatic carbocycles. The van der Waals surface area contributed by atoms with Gasteiger partial charge in [0.2, 0.25) is 0 Å². The molecule has 3 heterocycles. The average molecular weight is 592 g/mol. The Morgan fingerprint density at radius 1 is 0.976 bits per heavy atom. The molecule has 0 bridgehead atoms. The number of rotatable bonds is 9. The van der Waals surface area contributed by atoms with E-state index in [1.807, 2.05) is 23.5 Å². The maximum Gasteiger partial charge on any atom is 0.321 e. The van der Waals surface area contributed by atoms with Crippen molar-refractivity contribution in [2.24, 2.45) is 11.8 Å². The summed E-state index contributed by atoms with van der Waals surface area (Å²) < 4.78 is 0. The third-order valence-corrected chi connectivity index (χ3v) is 11.2. The molecule has 3 fully saturated rings. The van der Waals surface area contributed by atoms with Gasteiger partial charge in [0.1, 0.15) is 6.04 Å². The van der Waals surface area contributed by atoms with Gasteiger partial charge in [0.15, 0.2) is 0 Å². The summed E-state index contributed by atoms with van der Waals surface area (Å²) >= 11 is 7.91. The summed E-state index contributed by atoms with van der Waals surface area (Å²) in [4.78, 5) is 23.7. The zero-order valence-electron chi connectivity index (χ0n) is 23.8. The van der Waals surface area contributed by atoms with Gasteiger partial charge in [0.25, 0.3) is 0 Å². The summed E-state index contributed by atoms with van der Waals surface area (Å²) in [6, 6.07) is 18.6. The molecule has 1 saturated carbocycles. The monoisotopic (exact) mass is 591 g/mol. The van der Waals surface area contributed by atoms with Gasteiger partial charge >= 0.3 is 5.97 Å². The van der Waals surface area contributed by atoms with E-state index in [1.54, 1.807) is 0 Å². The SMILES string of the molecule is O=C(O)[C@@H](C1CCCCC1)N1C[C@H](CN2CCC(c3cnc(Cc4ccc(Cl)cc4)s3)CC2)[C@@H](c2ccccc2)C1. The van der Waals surface area contributed by atoms with Crippen LogP contribution in [0.15, 0.2) is 60.8 Å². The van der Waals surface area contributed by atoms with Crippen molar-refractivity contribution in [1.29, 1.82) is 0 Å². The standard InChI is InChI=1S/C34H42ClN3O2S/c35-29-13-11-24(12-14-29)19-32-36-20-31(41-32)26-15-17-37(18-16-26)21-28-22-38(23-30(28)25-7-3-1-4-8-25)33(34(39)40)27-9-5-2-6-10-27/h1,3-4,7-8,11-14,20,26-28,30,33H,2,5-6,9-10,15-19,21-23H2,(H,39,40)/t28-,30+,33+/m0/s1. The molecule has 3 atom stereocenters. The van der Waals surface area contributed by atoms with Crippen molar-refractivity contribution >= 4 is 28.9 Å². The fraction of sp³-hybridized carbons (Fsp3) is 0.529. The average Bonchev–Trinajstić information content (AvgIpc) is 3.63. The molecule has 0 spiro atoms. The number of aliphatic carboxylic acids is 1. The minimum Gasteiger partial charge on any atom is -0.480 e. The highest BCUT2D eigenvalue weighted by Crippen LogP contribution is 2.39. The molecule has 3 aliphatic rings. The molecule has 0 unspecified atom stereocenters. The van der Waals surface area contributed by atoms with Gasteiger partial charge in [-0.15, -0.1) is 11.3 Å². The van der Waals surface area contributed by atoms with Crippen molar-refractivity contribution in [1.82, 2.24) is 14.8 Å². The van der Waals surface area contributed by atoms with Crippen LogP contribution in [0, 0.1) is 11.8 Å². The van der Waals surface area contributed by atoms with Gasteiger partial charge in [-0.05, 0) is 79.8 Å². The largest absolute Gasteiger partial charge is 0.480 e. The van der Waals surface area contributed by atoms with E-state index in [0.29, 0.717) is 17.8 Å². The molecule has 6 rings (SSSR count). The lowest BCUT2D eigenvalue weighted by Crippen LogP contribution is -2.46. The van der Waals surface area contributed by atoms with Crippen LogP contribution in [0.4, 0.5) is 0 Å². The predicted molar refractivity (Wildman–Crippen MR) is 167 cm³/mol. The minimum absolute atomic E-state index is 0.288. The second-order valence-corrected chi connectivity index (χ2v) is 14.0. The number of nitrogens with zero attached hydrogens (tertiary/aromatic N) is 3. The van der Waals surface area contributed by atoms with Crippen molar-refractivity contribution < 1.29 is 9.90 Å². The molecule has 0 radical (unpaired) electrons. The van der Waals surface area contributed by atoms with Gasteiger partial charge < -0.3 is 10.0 Å². The van der Waals surface area contributed by atoms with Gasteiger partial charge in [-0.25, -0.2) is 4.98 Å². The number of thiazole rings is 1. The number of aromatic nitrogens is 1. The number of benzene rings is 2. The molecular formula is C34H42ClN3O2S. The van der Waals surface area contributed by atoms with Crippen molar-refractivity contribution in [3.8, 4) is 0 Å². The number of hydrogen-bond donors (Lipinski definition) is 1. The maximum atomic E-state index is 12.6. The smallest absolute Gasteiger partial charge is 0.321 e. The van der Waals surface area contributed by atoms with Gasteiger partial charge in [-0.2, -0.15) is 0 Å². The third-order valence-electron chi connectivity index (χ3n) is 9.76. The molecule has 1 aromatic heterocycles. The Hall–Kier alpha value is -2.25. The maximum absolute atomic E-state index is 12.6. The van der Waals surface area contributed by atoms with Crippen molar-refractivity contribution in [3.63, 3.8) is 0 Å². The molecular weight excluding hydrogens is 550 g/mol. The number of hydrogen-bond acceptors (Lipinski definition) is 5. The second kappa shape index (κ2) is 13.4. The fourth-order valence-electron chi connectivity index (χ4n) is 7.60. The number of carboxylic acid groups (broad SMARTS) is 1. The number of carbonyl (C=O) groups is 1. The first-order valence-electron chi connectivity index (χ1n) is 15.5. The van der Waals surface area contributed by atoms with Crippen LogP contribution in [0.3, 0.4) is 0 Å². The molecule has 2 saturated heterocycles. The number of piperidine rings is 1. The third kappa shape index (κ3) is 7.05. The first kappa shape index (κ1) is 28.9. The lowest BCUT2D eigenvalue weighted by atomic mass is 9.83. The van der Waals surface area contributed by atoms with Gasteiger partial charge in [0.05, 0.1) is 5.01 Å². The first-order valence-corrected chi connectivity index (χ1v) is 16.7. The molecule has 1 N–H and O–H groups in total. The Balaban J connectivity index is 1.08. The molecule has 218 valence electrons. The topological polar surface area (TPSA) is 56.7 Å². The van der Waals surface area contributed by atoms with Crippen LogP contribution in [-0.4, -0.2) is 64.6 Å². The van der Waals surface area contributed by atoms with E-state index in [-0.39, 0.29) is 12.0 Å². The Kier molecular flexibility index (Phi) is 9.41. The van der Waals surface area contributed by atoms with Gasteiger partial charge in [0, 0.05) is 48.1 Å². The van der Waals surface area contributed by atoms with Crippen molar-refractivity contribution in [2.45, 2.75) is 69.2 Å². The first-order chi connectivity index (χ1) is 20.0. The van der Waals surface area contributed by atoms with Crippen molar-refractivity contribution in [3.05, 3.63) is 86.8 Å². The van der Waals surface area contributed by atoms with E-state index in [4.69, 9.17) is 16.6 Å². The van der Waals surface area contributed by atoms with E-state index in [9.17, 15) is 9.90 Å². The zero-order chi connectivity index (χ0) is 28.2. The van der Waals surface area contributed by atoms with Gasteiger partial charge in [-0.1, -0.05) is 73.3 Å². The van der Waals surface area contributed by atoms with Crippen LogP contribution >= 0.6 is 22.9 Å². The Morgan fingerprint density at radius 3 is 2.41 bits per heavy atom. The molecule has 0 amide bonds. The summed E-state index contributed by atoms with van der Waals surface area (Å²) in [6.07, 6.45) is 11.0. The summed E-state index contributed by atoms with van der Waals surface area (Å²) in [6.45, 7) is 4.98. The fourth-order valence-corrected chi connectivity index (χ4v) is 8.85. The van der Waals surface area contributed by atoms with Crippen LogP contribution in [0.5, 0.6) is 0 Å². The molecule has 3 aromatic rings. The molecule has 5 nitrogen and oxygen atoms in total. The number of likely N-dealkylation sites (tertiary alicyclic amines) is 2. The predicted octanol–water partition coefficient (Wildman–Crippen LogP) is 7.32. The van der Waals surface area contributed by atoms with Crippen LogP contribution < -0.4 is 0 Å². The van der Waals surface area contributed by atoms with E-state index >= 15 is 0 Å². The molecule has 41 heavy (non-hydrogen) atoms. The van der Waals surface area contributed by atoms with Crippen LogP contribution in [0.25, 0.3) is 0 Å². The zero-order valence-corrected chi connectivity index (χ0v) is 25.4. The highest BCUT2D eigenvalue weighted by Gasteiger charge is 2.43. The van der Waals surface area contributed by atoms with Crippen LogP contribution in [0.1, 0.15) is 77.8 Å². The van der Waals surface area contributed by atoms with Crippen molar-refractivity contribution in [2.75, 3.05) is 32.7 Å². The van der Waals surface area contributed by atoms with E-state index in [0.717, 1.165) is 69.9 Å². The Morgan fingerprint density at radius 2 is 1.71 bits per heavy atom. The van der Waals surface area contributed by atoms with E-state index in [1.165, 1.54) is 40.3 Å². The Bertz CT molecular complexity index is 1270. The summed E-state index contributed by atoms with van der Waals surface area (Å²) in [5.74, 6) is 1.08. The molecule has 7 heteroatoms. The lowest BCUT2D eigenvalue weighted by Gasteiger charge is -2.35. The minimum atomic E-state index is -0.620. The van der Waals surface area contributed by atoms with Crippen LogP contribution in [0.2, 0.25) is 5.02 Å². The van der Waals surface area contributed by atoms with Gasteiger partial charge in [-0.3, -0.25) is 9.69 Å².